The van der Waals surface area contributed by atoms with Crippen LogP contribution in [-0.4, -0.2) is 18.4 Å². The van der Waals surface area contributed by atoms with Gasteiger partial charge in [0, 0.05) is 35.6 Å². The molecule has 0 radical (unpaired) electrons. The summed E-state index contributed by atoms with van der Waals surface area (Å²) in [5.41, 5.74) is 2.51. The van der Waals surface area contributed by atoms with Gasteiger partial charge >= 0.3 is 0 Å². The van der Waals surface area contributed by atoms with Gasteiger partial charge in [-0.15, -0.1) is 11.3 Å². The fourth-order valence-corrected chi connectivity index (χ4v) is 4.56. The standard InChI is InChI=1S/C17H17N3O2S2/c1-2-15-5-6-17(23-15)24(21,22)20-11-13-7-9-19-16(10-13)14-4-3-8-18-12-14/h3-10,12,20H,2,11H2,1H3. The molecule has 0 fully saturated rings. The molecule has 24 heavy (non-hydrogen) atoms. The molecule has 0 spiro atoms. The van der Waals surface area contributed by atoms with E-state index in [0.717, 1.165) is 28.1 Å². The number of hydrogen-bond acceptors (Lipinski definition) is 5. The highest BCUT2D eigenvalue weighted by molar-refractivity contribution is 7.91. The van der Waals surface area contributed by atoms with E-state index < -0.39 is 10.0 Å². The van der Waals surface area contributed by atoms with Crippen LogP contribution in [0, 0.1) is 0 Å². The van der Waals surface area contributed by atoms with Crippen LogP contribution in [0.2, 0.25) is 0 Å². The summed E-state index contributed by atoms with van der Waals surface area (Å²) in [6.07, 6.45) is 5.94. The van der Waals surface area contributed by atoms with E-state index in [0.29, 0.717) is 4.21 Å². The quantitative estimate of drug-likeness (QED) is 0.733. The third-order valence-corrected chi connectivity index (χ3v) is 6.62. The Morgan fingerprint density at radius 2 is 2.04 bits per heavy atom. The van der Waals surface area contributed by atoms with Crippen molar-refractivity contribution in [3.05, 3.63) is 65.4 Å². The summed E-state index contributed by atoms with van der Waals surface area (Å²) in [6, 6.07) is 10.9. The molecule has 0 amide bonds. The molecule has 0 bridgehead atoms. The van der Waals surface area contributed by atoms with Crippen LogP contribution in [0.3, 0.4) is 0 Å². The average Bonchev–Trinajstić information content (AvgIpc) is 3.11. The topological polar surface area (TPSA) is 72.0 Å². The highest BCUT2D eigenvalue weighted by Gasteiger charge is 2.16. The Morgan fingerprint density at radius 3 is 2.75 bits per heavy atom. The number of hydrogen-bond donors (Lipinski definition) is 1. The monoisotopic (exact) mass is 359 g/mol. The highest BCUT2D eigenvalue weighted by Crippen LogP contribution is 2.22. The highest BCUT2D eigenvalue weighted by atomic mass is 32.2. The first-order valence-electron chi connectivity index (χ1n) is 7.52. The van der Waals surface area contributed by atoms with E-state index in [1.807, 2.05) is 31.2 Å². The van der Waals surface area contributed by atoms with Crippen molar-refractivity contribution in [2.45, 2.75) is 24.1 Å². The van der Waals surface area contributed by atoms with Crippen LogP contribution >= 0.6 is 11.3 Å². The van der Waals surface area contributed by atoms with Gasteiger partial charge in [0.2, 0.25) is 10.0 Å². The predicted octanol–water partition coefficient (Wildman–Crippen LogP) is 3.25. The second-order valence-electron chi connectivity index (χ2n) is 5.19. The number of thiophene rings is 1. The summed E-state index contributed by atoms with van der Waals surface area (Å²) in [5, 5.41) is 0. The van der Waals surface area contributed by atoms with Crippen LogP contribution in [-0.2, 0) is 23.0 Å². The first-order chi connectivity index (χ1) is 11.6. The zero-order chi connectivity index (χ0) is 17.0. The van der Waals surface area contributed by atoms with E-state index in [1.165, 1.54) is 11.3 Å². The fraction of sp³-hybridized carbons (Fsp3) is 0.176. The molecule has 0 unspecified atom stereocenters. The lowest BCUT2D eigenvalue weighted by molar-refractivity contribution is 0.583. The van der Waals surface area contributed by atoms with Crippen molar-refractivity contribution in [1.29, 1.82) is 0 Å². The van der Waals surface area contributed by atoms with Crippen molar-refractivity contribution in [2.75, 3.05) is 0 Å². The number of sulfonamides is 1. The number of aromatic nitrogens is 2. The SMILES string of the molecule is CCc1ccc(S(=O)(=O)NCc2ccnc(-c3cccnc3)c2)s1. The molecular formula is C17H17N3O2S2. The van der Waals surface area contributed by atoms with E-state index in [-0.39, 0.29) is 6.54 Å². The normalized spacial score (nSPS) is 11.5. The maximum atomic E-state index is 12.4. The van der Waals surface area contributed by atoms with Gasteiger partial charge < -0.3 is 0 Å². The van der Waals surface area contributed by atoms with Gasteiger partial charge in [-0.3, -0.25) is 9.97 Å². The van der Waals surface area contributed by atoms with E-state index in [4.69, 9.17) is 0 Å². The summed E-state index contributed by atoms with van der Waals surface area (Å²) in [5.74, 6) is 0. The Bertz CT molecular complexity index is 922. The van der Waals surface area contributed by atoms with Gasteiger partial charge in [0.15, 0.2) is 0 Å². The average molecular weight is 359 g/mol. The minimum Gasteiger partial charge on any atom is -0.264 e. The van der Waals surface area contributed by atoms with Gasteiger partial charge in [0.1, 0.15) is 4.21 Å². The minimum atomic E-state index is -3.49. The summed E-state index contributed by atoms with van der Waals surface area (Å²) >= 11 is 1.30. The lowest BCUT2D eigenvalue weighted by Gasteiger charge is -2.07. The third kappa shape index (κ3) is 3.87. The Hall–Kier alpha value is -2.09. The van der Waals surface area contributed by atoms with Gasteiger partial charge in [0.05, 0.1) is 5.69 Å². The number of nitrogens with zero attached hydrogens (tertiary/aromatic N) is 2. The summed E-state index contributed by atoms with van der Waals surface area (Å²) < 4.78 is 27.7. The van der Waals surface area contributed by atoms with Crippen molar-refractivity contribution < 1.29 is 8.42 Å². The maximum Gasteiger partial charge on any atom is 0.250 e. The van der Waals surface area contributed by atoms with Crippen molar-refractivity contribution >= 4 is 21.4 Å². The summed E-state index contributed by atoms with van der Waals surface area (Å²) in [6.45, 7) is 2.23. The zero-order valence-electron chi connectivity index (χ0n) is 13.1. The number of pyridine rings is 2. The van der Waals surface area contributed by atoms with Crippen LogP contribution in [0.25, 0.3) is 11.3 Å². The zero-order valence-corrected chi connectivity index (χ0v) is 14.8. The Balaban J connectivity index is 1.75. The van der Waals surface area contributed by atoms with Gasteiger partial charge in [-0.25, -0.2) is 13.1 Å². The molecule has 0 aliphatic heterocycles. The molecule has 3 rings (SSSR count). The van der Waals surface area contributed by atoms with Crippen LogP contribution in [0.5, 0.6) is 0 Å². The smallest absolute Gasteiger partial charge is 0.250 e. The molecule has 1 N–H and O–H groups in total. The lowest BCUT2D eigenvalue weighted by Crippen LogP contribution is -2.22. The second kappa shape index (κ2) is 7.21. The molecule has 3 aromatic heterocycles. The first kappa shape index (κ1) is 16.8. The van der Waals surface area contributed by atoms with Crippen molar-refractivity contribution in [2.24, 2.45) is 0 Å². The molecule has 3 heterocycles. The minimum absolute atomic E-state index is 0.220. The number of rotatable bonds is 6. The van der Waals surface area contributed by atoms with Gasteiger partial charge in [-0.1, -0.05) is 6.92 Å². The summed E-state index contributed by atoms with van der Waals surface area (Å²) in [4.78, 5) is 9.44. The second-order valence-corrected chi connectivity index (χ2v) is 8.35. The molecule has 124 valence electrons. The number of nitrogens with one attached hydrogen (secondary N) is 1. The molecule has 0 atom stereocenters. The molecule has 7 heteroatoms. The Kier molecular flexibility index (Phi) is 5.03. The predicted molar refractivity (Wildman–Crippen MR) is 95.2 cm³/mol. The van der Waals surface area contributed by atoms with Crippen molar-refractivity contribution in [1.82, 2.24) is 14.7 Å². The molecule has 0 saturated carbocycles. The molecule has 5 nitrogen and oxygen atoms in total. The van der Waals surface area contributed by atoms with Crippen molar-refractivity contribution in [3.63, 3.8) is 0 Å². The summed E-state index contributed by atoms with van der Waals surface area (Å²) in [7, 11) is -3.49. The molecule has 0 aliphatic carbocycles. The van der Waals surface area contributed by atoms with Crippen LogP contribution in [0.4, 0.5) is 0 Å². The van der Waals surface area contributed by atoms with E-state index in [2.05, 4.69) is 14.7 Å². The largest absolute Gasteiger partial charge is 0.264 e. The number of aryl methyl sites for hydroxylation is 1. The lowest BCUT2D eigenvalue weighted by atomic mass is 10.1. The molecule has 0 saturated heterocycles. The van der Waals surface area contributed by atoms with Crippen molar-refractivity contribution in [3.8, 4) is 11.3 Å². The van der Waals surface area contributed by atoms with Crippen LogP contribution in [0.15, 0.2) is 59.2 Å². The maximum absolute atomic E-state index is 12.4. The first-order valence-corrected chi connectivity index (χ1v) is 9.82. The van der Waals surface area contributed by atoms with Gasteiger partial charge in [-0.05, 0) is 48.4 Å². The van der Waals surface area contributed by atoms with Gasteiger partial charge in [0.25, 0.3) is 0 Å². The Morgan fingerprint density at radius 1 is 1.17 bits per heavy atom. The van der Waals surface area contributed by atoms with Crippen LogP contribution in [0.1, 0.15) is 17.4 Å². The van der Waals surface area contributed by atoms with E-state index in [1.54, 1.807) is 30.7 Å². The van der Waals surface area contributed by atoms with Gasteiger partial charge in [-0.2, -0.15) is 0 Å². The van der Waals surface area contributed by atoms with Crippen LogP contribution < -0.4 is 4.72 Å². The Labute approximate surface area is 145 Å². The van der Waals surface area contributed by atoms with E-state index in [9.17, 15) is 8.42 Å². The third-order valence-electron chi connectivity index (χ3n) is 3.50. The fourth-order valence-electron chi connectivity index (χ4n) is 2.20. The van der Waals surface area contributed by atoms with E-state index >= 15 is 0 Å². The molecular weight excluding hydrogens is 342 g/mol. The molecule has 0 aromatic carbocycles. The molecule has 0 aliphatic rings. The molecule has 3 aromatic rings.